The molecule has 3 N–H and O–H groups in total. The van der Waals surface area contributed by atoms with E-state index in [2.05, 4.69) is 10.3 Å². The van der Waals surface area contributed by atoms with Crippen LogP contribution in [0.25, 0.3) is 0 Å². The molecule has 0 saturated carbocycles. The SMILES string of the molecule is CCNC(=NCc1cccc(OCC(N)=O)c1)N(C)CCOc1ccc(Cl)cc1. The van der Waals surface area contributed by atoms with E-state index < -0.39 is 5.91 Å². The zero-order valence-electron chi connectivity index (χ0n) is 16.7. The Morgan fingerprint density at radius 1 is 1.17 bits per heavy atom. The van der Waals surface area contributed by atoms with E-state index in [4.69, 9.17) is 26.8 Å². The van der Waals surface area contributed by atoms with Gasteiger partial charge in [0, 0.05) is 18.6 Å². The molecule has 0 aliphatic carbocycles. The fourth-order valence-corrected chi connectivity index (χ4v) is 2.59. The normalized spacial score (nSPS) is 11.1. The summed E-state index contributed by atoms with van der Waals surface area (Å²) in [6.45, 7) is 4.27. The van der Waals surface area contributed by atoms with Crippen molar-refractivity contribution in [1.29, 1.82) is 0 Å². The lowest BCUT2D eigenvalue weighted by Gasteiger charge is -2.22. The number of primary amides is 1. The van der Waals surface area contributed by atoms with Crippen molar-refractivity contribution in [1.82, 2.24) is 10.2 Å². The summed E-state index contributed by atoms with van der Waals surface area (Å²) in [4.78, 5) is 17.5. The predicted molar refractivity (Wildman–Crippen MR) is 116 cm³/mol. The van der Waals surface area contributed by atoms with Crippen LogP contribution in [-0.2, 0) is 11.3 Å². The fraction of sp³-hybridized carbons (Fsp3) is 0.333. The number of halogens is 1. The monoisotopic (exact) mass is 418 g/mol. The number of amides is 1. The fourth-order valence-electron chi connectivity index (χ4n) is 2.46. The number of nitrogens with one attached hydrogen (secondary N) is 1. The largest absolute Gasteiger partial charge is 0.492 e. The van der Waals surface area contributed by atoms with Gasteiger partial charge in [-0.15, -0.1) is 0 Å². The first kappa shape index (κ1) is 22.4. The molecule has 0 spiro atoms. The molecule has 0 aliphatic rings. The standard InChI is InChI=1S/C21H27ClN4O3/c1-3-24-21(26(2)11-12-28-18-9-7-17(22)8-10-18)25-14-16-5-4-6-19(13-16)29-15-20(23)27/h4-10,13H,3,11-12,14-15H2,1-2H3,(H2,23,27)(H,24,25). The third-order valence-corrected chi connectivity index (χ3v) is 4.15. The van der Waals surface area contributed by atoms with Crippen LogP contribution in [0.4, 0.5) is 0 Å². The summed E-state index contributed by atoms with van der Waals surface area (Å²) in [6.07, 6.45) is 0. The average Bonchev–Trinajstić information content (AvgIpc) is 2.71. The highest BCUT2D eigenvalue weighted by molar-refractivity contribution is 6.30. The lowest BCUT2D eigenvalue weighted by molar-refractivity contribution is -0.119. The predicted octanol–water partition coefficient (Wildman–Crippen LogP) is 2.68. The number of hydrogen-bond acceptors (Lipinski definition) is 4. The molecule has 0 heterocycles. The third-order valence-electron chi connectivity index (χ3n) is 3.90. The molecule has 156 valence electrons. The molecule has 0 fully saturated rings. The van der Waals surface area contributed by atoms with Crippen LogP contribution in [0.3, 0.4) is 0 Å². The van der Waals surface area contributed by atoms with Crippen LogP contribution in [0.5, 0.6) is 11.5 Å². The van der Waals surface area contributed by atoms with Crippen molar-refractivity contribution in [2.24, 2.45) is 10.7 Å². The molecule has 1 amide bonds. The minimum Gasteiger partial charge on any atom is -0.492 e. The molecule has 7 nitrogen and oxygen atoms in total. The summed E-state index contributed by atoms with van der Waals surface area (Å²) in [5.74, 6) is 1.63. The maximum absolute atomic E-state index is 10.9. The number of hydrogen-bond donors (Lipinski definition) is 2. The summed E-state index contributed by atoms with van der Waals surface area (Å²) >= 11 is 5.88. The van der Waals surface area contributed by atoms with Gasteiger partial charge in [-0.3, -0.25) is 4.79 Å². The molecule has 0 radical (unpaired) electrons. The third kappa shape index (κ3) is 8.31. The van der Waals surface area contributed by atoms with E-state index in [-0.39, 0.29) is 6.61 Å². The molecular weight excluding hydrogens is 392 g/mol. The molecule has 2 aromatic rings. The summed E-state index contributed by atoms with van der Waals surface area (Å²) < 4.78 is 11.1. The van der Waals surface area contributed by atoms with Gasteiger partial charge >= 0.3 is 0 Å². The Hall–Kier alpha value is -2.93. The number of likely N-dealkylation sites (N-methyl/N-ethyl adjacent to an activating group) is 1. The first-order chi connectivity index (χ1) is 14.0. The first-order valence-corrected chi connectivity index (χ1v) is 9.73. The lowest BCUT2D eigenvalue weighted by Crippen LogP contribution is -2.40. The van der Waals surface area contributed by atoms with Gasteiger partial charge < -0.3 is 25.4 Å². The van der Waals surface area contributed by atoms with E-state index >= 15 is 0 Å². The molecule has 8 heteroatoms. The van der Waals surface area contributed by atoms with Crippen LogP contribution in [0.1, 0.15) is 12.5 Å². The Morgan fingerprint density at radius 3 is 2.62 bits per heavy atom. The molecule has 0 unspecified atom stereocenters. The van der Waals surface area contributed by atoms with Gasteiger partial charge in [0.2, 0.25) is 0 Å². The van der Waals surface area contributed by atoms with E-state index in [1.807, 2.05) is 49.2 Å². The highest BCUT2D eigenvalue weighted by Gasteiger charge is 2.06. The first-order valence-electron chi connectivity index (χ1n) is 9.35. The zero-order valence-corrected chi connectivity index (χ0v) is 17.5. The van der Waals surface area contributed by atoms with E-state index in [1.165, 1.54) is 0 Å². The second-order valence-electron chi connectivity index (χ2n) is 6.30. The Morgan fingerprint density at radius 2 is 1.93 bits per heavy atom. The smallest absolute Gasteiger partial charge is 0.255 e. The van der Waals surface area contributed by atoms with Crippen molar-refractivity contribution in [3.05, 3.63) is 59.1 Å². The van der Waals surface area contributed by atoms with Gasteiger partial charge in [0.25, 0.3) is 5.91 Å². The minimum atomic E-state index is -0.509. The zero-order chi connectivity index (χ0) is 21.1. The van der Waals surface area contributed by atoms with Crippen molar-refractivity contribution < 1.29 is 14.3 Å². The Labute approximate surface area is 176 Å². The Balaban J connectivity index is 1.91. The van der Waals surface area contributed by atoms with Gasteiger partial charge in [-0.1, -0.05) is 23.7 Å². The van der Waals surface area contributed by atoms with Crippen LogP contribution >= 0.6 is 11.6 Å². The molecular formula is C21H27ClN4O3. The highest BCUT2D eigenvalue weighted by atomic mass is 35.5. The quantitative estimate of drug-likeness (QED) is 0.457. The maximum atomic E-state index is 10.9. The minimum absolute atomic E-state index is 0.147. The number of aliphatic imine (C=N–C) groups is 1. The maximum Gasteiger partial charge on any atom is 0.255 e. The van der Waals surface area contributed by atoms with Crippen molar-refractivity contribution in [2.45, 2.75) is 13.5 Å². The van der Waals surface area contributed by atoms with E-state index in [9.17, 15) is 4.79 Å². The van der Waals surface area contributed by atoms with Crippen molar-refractivity contribution >= 4 is 23.5 Å². The van der Waals surface area contributed by atoms with Gasteiger partial charge in [-0.05, 0) is 48.9 Å². The van der Waals surface area contributed by atoms with Crippen LogP contribution in [-0.4, -0.2) is 50.1 Å². The number of benzene rings is 2. The second-order valence-corrected chi connectivity index (χ2v) is 6.73. The van der Waals surface area contributed by atoms with Crippen molar-refractivity contribution in [3.8, 4) is 11.5 Å². The average molecular weight is 419 g/mol. The van der Waals surface area contributed by atoms with Gasteiger partial charge in [0.15, 0.2) is 12.6 Å². The Bertz CT molecular complexity index is 812. The van der Waals surface area contributed by atoms with Crippen LogP contribution in [0.2, 0.25) is 5.02 Å². The number of rotatable bonds is 10. The van der Waals surface area contributed by atoms with Crippen molar-refractivity contribution in [3.63, 3.8) is 0 Å². The number of nitrogens with two attached hydrogens (primary N) is 1. The molecule has 0 bridgehead atoms. The highest BCUT2D eigenvalue weighted by Crippen LogP contribution is 2.16. The summed E-state index contributed by atoms with van der Waals surface area (Å²) in [6, 6.07) is 14.7. The number of carbonyl (C=O) groups excluding carboxylic acids is 1. The van der Waals surface area contributed by atoms with Crippen molar-refractivity contribution in [2.75, 3.05) is 33.4 Å². The number of carbonyl (C=O) groups is 1. The molecule has 0 saturated heterocycles. The van der Waals surface area contributed by atoms with Gasteiger partial charge in [0.05, 0.1) is 13.1 Å². The Kier molecular flexibility index (Phi) is 9.11. The second kappa shape index (κ2) is 11.8. The molecule has 2 aromatic carbocycles. The summed E-state index contributed by atoms with van der Waals surface area (Å²) in [5, 5.41) is 3.95. The van der Waals surface area contributed by atoms with Gasteiger partial charge in [-0.25, -0.2) is 4.99 Å². The van der Waals surface area contributed by atoms with Gasteiger partial charge in [-0.2, -0.15) is 0 Å². The van der Waals surface area contributed by atoms with Gasteiger partial charge in [0.1, 0.15) is 18.1 Å². The molecule has 0 atom stereocenters. The number of guanidine groups is 1. The lowest BCUT2D eigenvalue weighted by atomic mass is 10.2. The van der Waals surface area contributed by atoms with E-state index in [0.717, 1.165) is 23.8 Å². The summed E-state index contributed by atoms with van der Waals surface area (Å²) in [5.41, 5.74) is 6.08. The van der Waals surface area contributed by atoms with Crippen LogP contribution < -0.4 is 20.5 Å². The molecule has 0 aromatic heterocycles. The number of nitrogens with zero attached hydrogens (tertiary/aromatic N) is 2. The van der Waals surface area contributed by atoms with Crippen LogP contribution in [0.15, 0.2) is 53.5 Å². The molecule has 29 heavy (non-hydrogen) atoms. The molecule has 2 rings (SSSR count). The number of ether oxygens (including phenoxy) is 2. The van der Waals surface area contributed by atoms with Crippen LogP contribution in [0, 0.1) is 0 Å². The van der Waals surface area contributed by atoms with E-state index in [0.29, 0.717) is 30.5 Å². The summed E-state index contributed by atoms with van der Waals surface area (Å²) in [7, 11) is 1.96. The topological polar surface area (TPSA) is 89.2 Å². The molecule has 0 aliphatic heterocycles. The van der Waals surface area contributed by atoms with E-state index in [1.54, 1.807) is 18.2 Å².